The Morgan fingerprint density at radius 2 is 2.03 bits per heavy atom. The molecule has 1 amide bonds. The molecule has 0 spiro atoms. The summed E-state index contributed by atoms with van der Waals surface area (Å²) in [5, 5.41) is 0. The van der Waals surface area contributed by atoms with Crippen molar-refractivity contribution in [3.63, 3.8) is 0 Å². The SMILES string of the molecule is COc1ccc2ncc(=O)n(CCCCC3CC(=O)N(c4ccc5c(c4)CC(=O)CO5)C3)c2n1. The number of amides is 1. The zero-order chi connectivity index (χ0) is 23.7. The first-order valence-corrected chi connectivity index (χ1v) is 11.5. The number of hydrogen-bond acceptors (Lipinski definition) is 7. The number of carbonyl (C=O) groups excluding carboxylic acids is 2. The van der Waals surface area contributed by atoms with Crippen molar-refractivity contribution >= 4 is 28.5 Å². The van der Waals surface area contributed by atoms with Gasteiger partial charge in [-0.15, -0.1) is 0 Å². The molecule has 1 saturated heterocycles. The number of ketones is 1. The highest BCUT2D eigenvalue weighted by atomic mass is 16.5. The van der Waals surface area contributed by atoms with Gasteiger partial charge in [-0.2, -0.15) is 4.98 Å². The van der Waals surface area contributed by atoms with Crippen LogP contribution in [-0.2, 0) is 22.6 Å². The van der Waals surface area contributed by atoms with E-state index in [9.17, 15) is 14.4 Å². The highest BCUT2D eigenvalue weighted by Crippen LogP contribution is 2.33. The summed E-state index contributed by atoms with van der Waals surface area (Å²) in [5.41, 5.74) is 2.63. The monoisotopic (exact) mass is 462 g/mol. The van der Waals surface area contributed by atoms with E-state index in [0.717, 1.165) is 36.3 Å². The van der Waals surface area contributed by atoms with Gasteiger partial charge in [0.05, 0.1) is 13.3 Å². The van der Waals surface area contributed by atoms with Crippen LogP contribution in [0.5, 0.6) is 11.6 Å². The second-order valence-corrected chi connectivity index (χ2v) is 8.81. The normalized spacial score (nSPS) is 17.7. The van der Waals surface area contributed by atoms with Crippen molar-refractivity contribution in [1.82, 2.24) is 14.5 Å². The lowest BCUT2D eigenvalue weighted by Gasteiger charge is -2.21. The molecule has 1 fully saturated rings. The van der Waals surface area contributed by atoms with Gasteiger partial charge in [-0.05, 0) is 43.0 Å². The number of Topliss-reactive ketones (excluding diaryl/α,β-unsaturated/α-hetero) is 1. The number of carbonyl (C=O) groups is 2. The number of pyridine rings is 1. The van der Waals surface area contributed by atoms with Crippen LogP contribution in [0.15, 0.2) is 41.3 Å². The molecule has 1 unspecified atom stereocenters. The maximum absolute atomic E-state index is 12.7. The molecular formula is C25H26N4O5. The van der Waals surface area contributed by atoms with E-state index in [1.165, 1.54) is 13.3 Å². The zero-order valence-corrected chi connectivity index (χ0v) is 19.0. The van der Waals surface area contributed by atoms with Crippen LogP contribution in [0, 0.1) is 5.92 Å². The molecule has 0 radical (unpaired) electrons. The molecule has 3 aromatic rings. The molecular weight excluding hydrogens is 436 g/mol. The third kappa shape index (κ3) is 4.37. The van der Waals surface area contributed by atoms with Crippen molar-refractivity contribution in [2.75, 3.05) is 25.2 Å². The molecule has 34 heavy (non-hydrogen) atoms. The number of anilines is 1. The molecule has 2 aliphatic rings. The molecule has 0 bridgehead atoms. The molecule has 0 aliphatic carbocycles. The van der Waals surface area contributed by atoms with Gasteiger partial charge in [-0.1, -0.05) is 6.42 Å². The second-order valence-electron chi connectivity index (χ2n) is 8.81. The van der Waals surface area contributed by atoms with Crippen molar-refractivity contribution in [1.29, 1.82) is 0 Å². The first-order valence-electron chi connectivity index (χ1n) is 11.5. The first kappa shape index (κ1) is 22.1. The Morgan fingerprint density at radius 1 is 1.15 bits per heavy atom. The summed E-state index contributed by atoms with van der Waals surface area (Å²) >= 11 is 0. The van der Waals surface area contributed by atoms with Gasteiger partial charge in [0.2, 0.25) is 11.8 Å². The van der Waals surface area contributed by atoms with Gasteiger partial charge < -0.3 is 14.4 Å². The summed E-state index contributed by atoms with van der Waals surface area (Å²) in [6.07, 6.45) is 4.74. The molecule has 0 saturated carbocycles. The van der Waals surface area contributed by atoms with Crippen LogP contribution in [0.4, 0.5) is 5.69 Å². The summed E-state index contributed by atoms with van der Waals surface area (Å²) in [7, 11) is 1.54. The number of aromatic nitrogens is 3. The van der Waals surface area contributed by atoms with E-state index >= 15 is 0 Å². The largest absolute Gasteiger partial charge is 0.486 e. The molecule has 2 aromatic heterocycles. The van der Waals surface area contributed by atoms with Gasteiger partial charge >= 0.3 is 0 Å². The van der Waals surface area contributed by atoms with Crippen molar-refractivity contribution in [3.05, 3.63) is 52.4 Å². The zero-order valence-electron chi connectivity index (χ0n) is 19.0. The molecule has 2 aliphatic heterocycles. The fraction of sp³-hybridized carbons (Fsp3) is 0.400. The minimum absolute atomic E-state index is 0.0463. The van der Waals surface area contributed by atoms with Crippen molar-refractivity contribution < 1.29 is 19.1 Å². The van der Waals surface area contributed by atoms with Gasteiger partial charge in [-0.25, -0.2) is 4.98 Å². The van der Waals surface area contributed by atoms with Crippen LogP contribution in [0.3, 0.4) is 0 Å². The smallest absolute Gasteiger partial charge is 0.270 e. The number of benzene rings is 1. The molecule has 9 heteroatoms. The van der Waals surface area contributed by atoms with E-state index in [1.807, 2.05) is 18.2 Å². The van der Waals surface area contributed by atoms with Gasteiger partial charge in [0.1, 0.15) is 17.9 Å². The van der Waals surface area contributed by atoms with E-state index < -0.39 is 0 Å². The van der Waals surface area contributed by atoms with E-state index in [2.05, 4.69) is 9.97 Å². The third-order valence-corrected chi connectivity index (χ3v) is 6.46. The van der Waals surface area contributed by atoms with Crippen LogP contribution in [0.1, 0.15) is 31.2 Å². The number of aryl methyl sites for hydroxylation is 1. The molecule has 9 nitrogen and oxygen atoms in total. The average Bonchev–Trinajstić information content (AvgIpc) is 3.22. The second kappa shape index (κ2) is 9.24. The van der Waals surface area contributed by atoms with Crippen LogP contribution in [-0.4, -0.2) is 46.5 Å². The number of methoxy groups -OCH3 is 1. The lowest BCUT2D eigenvalue weighted by atomic mass is 10.0. The van der Waals surface area contributed by atoms with Gasteiger partial charge in [0.15, 0.2) is 11.4 Å². The standard InChI is InChI=1S/C25H26N4O5/c1-33-22-8-6-20-25(27-22)28(24(32)13-26-20)9-3-2-4-16-10-23(31)29(14-16)18-5-7-21-17(11-18)12-19(30)15-34-21/h5-8,11,13,16H,2-4,9-10,12,14-15H2,1H3. The van der Waals surface area contributed by atoms with Crippen LogP contribution >= 0.6 is 0 Å². The Balaban J connectivity index is 1.20. The fourth-order valence-electron chi connectivity index (χ4n) is 4.71. The fourth-order valence-corrected chi connectivity index (χ4v) is 4.71. The summed E-state index contributed by atoms with van der Waals surface area (Å²) in [6.45, 7) is 1.30. The summed E-state index contributed by atoms with van der Waals surface area (Å²) < 4.78 is 12.3. The Labute approximate surface area is 196 Å². The Morgan fingerprint density at radius 3 is 2.88 bits per heavy atom. The molecule has 1 aromatic carbocycles. The molecule has 4 heterocycles. The number of unbranched alkanes of at least 4 members (excludes halogenated alkanes) is 1. The predicted octanol–water partition coefficient (Wildman–Crippen LogP) is 2.53. The molecule has 5 rings (SSSR count). The summed E-state index contributed by atoms with van der Waals surface area (Å²) in [5.74, 6) is 1.56. The van der Waals surface area contributed by atoms with Crippen LogP contribution in [0.25, 0.3) is 11.2 Å². The summed E-state index contributed by atoms with van der Waals surface area (Å²) in [4.78, 5) is 47.1. The highest BCUT2D eigenvalue weighted by molar-refractivity contribution is 5.96. The van der Waals surface area contributed by atoms with Crippen molar-refractivity contribution in [3.8, 4) is 11.6 Å². The Hall–Kier alpha value is -3.75. The van der Waals surface area contributed by atoms with Gasteiger partial charge in [-0.3, -0.25) is 19.0 Å². The Bertz CT molecular complexity index is 1320. The van der Waals surface area contributed by atoms with Gasteiger partial charge in [0.25, 0.3) is 5.56 Å². The van der Waals surface area contributed by atoms with Crippen molar-refractivity contribution in [2.45, 2.75) is 38.6 Å². The van der Waals surface area contributed by atoms with Crippen molar-refractivity contribution in [2.24, 2.45) is 5.92 Å². The maximum Gasteiger partial charge on any atom is 0.270 e. The highest BCUT2D eigenvalue weighted by Gasteiger charge is 2.31. The number of ether oxygens (including phenoxy) is 2. The van der Waals surface area contributed by atoms with Crippen LogP contribution < -0.4 is 19.9 Å². The Kier molecular flexibility index (Phi) is 6.00. The lowest BCUT2D eigenvalue weighted by molar-refractivity contribution is -0.121. The van der Waals surface area contributed by atoms with Gasteiger partial charge in [0, 0.05) is 43.2 Å². The average molecular weight is 463 g/mol. The first-order chi connectivity index (χ1) is 16.5. The molecule has 1 atom stereocenters. The maximum atomic E-state index is 12.7. The van der Waals surface area contributed by atoms with E-state index in [-0.39, 0.29) is 29.8 Å². The number of hydrogen-bond donors (Lipinski definition) is 0. The van der Waals surface area contributed by atoms with E-state index in [4.69, 9.17) is 9.47 Å². The topological polar surface area (TPSA) is 104 Å². The summed E-state index contributed by atoms with van der Waals surface area (Å²) in [6, 6.07) is 9.14. The quantitative estimate of drug-likeness (QED) is 0.497. The minimum Gasteiger partial charge on any atom is -0.486 e. The van der Waals surface area contributed by atoms with E-state index in [0.29, 0.717) is 43.0 Å². The minimum atomic E-state index is -0.189. The molecule has 0 N–H and O–H groups in total. The predicted molar refractivity (Wildman–Crippen MR) is 125 cm³/mol. The van der Waals surface area contributed by atoms with E-state index in [1.54, 1.807) is 21.6 Å². The number of fused-ring (bicyclic) bond motifs is 2. The number of nitrogens with zero attached hydrogens (tertiary/aromatic N) is 4. The molecule has 176 valence electrons. The number of rotatable bonds is 7. The van der Waals surface area contributed by atoms with Crippen LogP contribution in [0.2, 0.25) is 0 Å². The lowest BCUT2D eigenvalue weighted by Crippen LogP contribution is -2.26. The third-order valence-electron chi connectivity index (χ3n) is 6.46.